The number of aromatic nitrogens is 9. The van der Waals surface area contributed by atoms with E-state index in [4.69, 9.17) is 26.8 Å². The number of rotatable bonds is 26. The number of pyridine rings is 5. The monoisotopic (exact) mass is 1620 g/mol. The first kappa shape index (κ1) is 88.4. The highest BCUT2D eigenvalue weighted by Crippen LogP contribution is 2.38. The van der Waals surface area contributed by atoms with Gasteiger partial charge in [0.25, 0.3) is 0 Å². The fraction of sp³-hybridized carbons (Fsp3) is 0.388. The third kappa shape index (κ3) is 25.0. The van der Waals surface area contributed by atoms with Gasteiger partial charge in [-0.15, -0.1) is 84.9 Å². The van der Waals surface area contributed by atoms with Crippen molar-refractivity contribution in [3.8, 4) is 0 Å². The van der Waals surface area contributed by atoms with Crippen LogP contribution >= 0.6 is 112 Å². The molecule has 0 fully saturated rings. The number of halogens is 15. The minimum Gasteiger partial charge on any atom is -0.462 e. The first-order chi connectivity index (χ1) is 46.1. The van der Waals surface area contributed by atoms with Crippen LogP contribution < -0.4 is 11.1 Å². The van der Waals surface area contributed by atoms with Gasteiger partial charge in [0.2, 0.25) is 0 Å². The summed E-state index contributed by atoms with van der Waals surface area (Å²) < 4.78 is 129. The number of unbranched alkanes of at least 4 members (excludes halogenated alkanes) is 6. The average molecular weight is 1620 g/mol. The highest BCUT2D eigenvalue weighted by atomic mass is 79.9. The average Bonchev–Trinajstić information content (AvgIpc) is 1.49. The Morgan fingerprint density at radius 1 is 0.500 bits per heavy atom. The van der Waals surface area contributed by atoms with Crippen LogP contribution in [0.1, 0.15) is 123 Å². The topological polar surface area (TPSA) is 191 Å². The smallest absolute Gasteiger partial charge is 0.416 e. The molecule has 0 amide bonds. The molecule has 33 heteroatoms. The van der Waals surface area contributed by atoms with Crippen LogP contribution in [0.3, 0.4) is 0 Å². The molecule has 7 aromatic heterocycles. The van der Waals surface area contributed by atoms with Crippen molar-refractivity contribution in [3.63, 3.8) is 0 Å². The van der Waals surface area contributed by atoms with Crippen LogP contribution in [0, 0.1) is 0 Å². The number of anilines is 1. The van der Waals surface area contributed by atoms with Gasteiger partial charge in [-0.3, -0.25) is 15.0 Å². The number of nitrogens with zero attached hydrogens (tertiary/aromatic N) is 9. The van der Waals surface area contributed by atoms with Crippen molar-refractivity contribution in [1.82, 2.24) is 44.5 Å². The molecule has 0 radical (unpaired) electrons. The van der Waals surface area contributed by atoms with Gasteiger partial charge in [0, 0.05) is 86.8 Å². The van der Waals surface area contributed by atoms with E-state index in [1.165, 1.54) is 30.6 Å². The summed E-state index contributed by atoms with van der Waals surface area (Å²) in [7, 11) is 0. The molecule has 0 saturated carbocycles. The maximum absolute atomic E-state index is 13.0. The molecule has 0 aliphatic heterocycles. The third-order valence-electron chi connectivity index (χ3n) is 14.5. The van der Waals surface area contributed by atoms with Gasteiger partial charge in [0.05, 0.1) is 85.9 Å². The van der Waals surface area contributed by atoms with Crippen LogP contribution in [0.4, 0.5) is 45.2 Å². The quantitative estimate of drug-likeness (QED) is 0.0171. The molecule has 10 rings (SSSR count). The summed E-state index contributed by atoms with van der Waals surface area (Å²) in [4.78, 5) is 47.8. The van der Waals surface area contributed by atoms with Crippen molar-refractivity contribution in [2.45, 2.75) is 132 Å². The third-order valence-corrected chi connectivity index (χ3v) is 18.9. The lowest BCUT2D eigenvalue weighted by molar-refractivity contribution is -0.138. The highest BCUT2D eigenvalue weighted by molar-refractivity contribution is 9.09. The molecule has 0 aliphatic rings. The zero-order valence-electron chi connectivity index (χ0n) is 54.7. The summed E-state index contributed by atoms with van der Waals surface area (Å²) in [6, 6.07) is 16.7. The standard InChI is InChI=1S/C26H28F3N5O2S.C15H15BrF3NS.C15H17F3N2S.C11H12ClN3O2.4ClH/c1-3-34-24-19(16-33-34)23(20(15-32-24)25(35)36-4-2)31-11-6-5-7-13-37-22-10-12-30-21-14-17(26(27,28)29)8-9-18(21)22;16-7-2-1-3-9-21-14-6-8-20-13-10-11(15(17,18)19)4-5-12(13)14;16-15(17,18)11-4-5-12-13(10-11)20-8-6-14(12)21-9-3-1-2-7-19;1-3-15-10-7(6-14-15)9(12)8(5-13-10)11(16)17-4-2;;;;/h8-10,12,14-16H,3-7,11,13H2,1-2H3,(H,31,32);4-6,8,10H,1-3,7,9H2;4-6,8,10H,1-3,7,9,19H2;5-6H,3-4H2,1-2H3;4*1H. The Kier molecular flexibility index (Phi) is 38.3. The molecule has 0 saturated heterocycles. The second-order valence-electron chi connectivity index (χ2n) is 21.1. The summed E-state index contributed by atoms with van der Waals surface area (Å²) in [6.07, 6.45) is 7.19. The van der Waals surface area contributed by atoms with Crippen LogP contribution in [-0.2, 0) is 41.1 Å². The lowest BCUT2D eigenvalue weighted by atomic mass is 10.1. The van der Waals surface area contributed by atoms with Gasteiger partial charge in [-0.2, -0.15) is 49.7 Å². The van der Waals surface area contributed by atoms with Crippen molar-refractivity contribution in [3.05, 3.63) is 149 Å². The number of hydrogen-bond donors (Lipinski definition) is 2. The number of benzene rings is 3. The number of nitrogens with two attached hydrogens (primary N) is 1. The second-order valence-corrected chi connectivity index (χ2v) is 25.7. The molecule has 10 aromatic rings. The molecule has 7 heterocycles. The Bertz CT molecular complexity index is 4100. The maximum atomic E-state index is 13.0. The van der Waals surface area contributed by atoms with E-state index >= 15 is 0 Å². The van der Waals surface area contributed by atoms with E-state index in [0.29, 0.717) is 82.3 Å². The lowest BCUT2D eigenvalue weighted by Crippen LogP contribution is -2.12. The highest BCUT2D eigenvalue weighted by Gasteiger charge is 2.33. The molecule has 546 valence electrons. The van der Waals surface area contributed by atoms with Gasteiger partial charge in [-0.05, 0) is 145 Å². The van der Waals surface area contributed by atoms with Gasteiger partial charge >= 0.3 is 30.5 Å². The van der Waals surface area contributed by atoms with Crippen LogP contribution in [0.2, 0.25) is 5.02 Å². The van der Waals surface area contributed by atoms with Crippen molar-refractivity contribution in [2.24, 2.45) is 5.73 Å². The molecule has 100 heavy (non-hydrogen) atoms. The number of thioether (sulfide) groups is 3. The number of ether oxygens (including phenoxy) is 2. The van der Waals surface area contributed by atoms with Crippen molar-refractivity contribution < 1.29 is 58.6 Å². The summed E-state index contributed by atoms with van der Waals surface area (Å²) in [5, 5.41) is 17.0. The van der Waals surface area contributed by atoms with Gasteiger partial charge in [-0.25, -0.2) is 28.9 Å². The van der Waals surface area contributed by atoms with Crippen LogP contribution in [0.5, 0.6) is 0 Å². The SMILES string of the molecule is CCOC(=O)c1cnc2c(cnn2CC)c1Cl.CCOC(=O)c1cnc2c(cnn2CC)c1NCCCCCSc1ccnc2cc(C(F)(F)F)ccc12.Cl.Cl.Cl.Cl.FC(F)(F)c1ccc2c(SCCCCCBr)ccnc2c1.NCCCCCSc1ccnc2cc(C(F)(F)F)ccc12. The number of carbonyl (C=O) groups is 2. The minimum atomic E-state index is -4.39. The molecule has 15 nitrogen and oxygen atoms in total. The molecule has 0 atom stereocenters. The van der Waals surface area contributed by atoms with Crippen LogP contribution in [0.25, 0.3) is 54.8 Å². The molecule has 0 bridgehead atoms. The molecular weight excluding hydrogens is 1550 g/mol. The predicted molar refractivity (Wildman–Crippen MR) is 398 cm³/mol. The van der Waals surface area contributed by atoms with Crippen molar-refractivity contribution >= 4 is 185 Å². The first-order valence-electron chi connectivity index (χ1n) is 31.0. The zero-order valence-corrected chi connectivity index (χ0v) is 62.7. The Labute approximate surface area is 624 Å². The van der Waals surface area contributed by atoms with Gasteiger partial charge in [0.1, 0.15) is 5.56 Å². The zero-order chi connectivity index (χ0) is 69.4. The van der Waals surface area contributed by atoms with Gasteiger partial charge in [-0.1, -0.05) is 65.0 Å². The number of hydrogen-bond acceptors (Lipinski definition) is 16. The molecular formula is C67H76BrCl5F9N11O4S3. The fourth-order valence-corrected chi connectivity index (χ4v) is 13.4. The molecule has 0 unspecified atom stereocenters. The lowest BCUT2D eigenvalue weighted by Gasteiger charge is -2.13. The molecule has 3 N–H and O–H groups in total. The minimum absolute atomic E-state index is 0. The van der Waals surface area contributed by atoms with Crippen LogP contribution in [-0.4, -0.2) is 105 Å². The van der Waals surface area contributed by atoms with E-state index in [0.717, 1.165) is 153 Å². The number of carbonyl (C=O) groups excluding carboxylic acids is 2. The van der Waals surface area contributed by atoms with E-state index in [9.17, 15) is 49.1 Å². The Morgan fingerprint density at radius 3 is 1.27 bits per heavy atom. The fourth-order valence-electron chi connectivity index (χ4n) is 9.62. The maximum Gasteiger partial charge on any atom is 0.416 e. The Balaban J connectivity index is 0.000000359. The van der Waals surface area contributed by atoms with Gasteiger partial charge in [0.15, 0.2) is 11.3 Å². The van der Waals surface area contributed by atoms with Crippen molar-refractivity contribution in [2.75, 3.05) is 54.2 Å². The normalized spacial score (nSPS) is 11.2. The van der Waals surface area contributed by atoms with E-state index < -0.39 is 47.2 Å². The number of nitrogens with one attached hydrogen (secondary N) is 1. The van der Waals surface area contributed by atoms with E-state index in [2.05, 4.69) is 56.4 Å². The number of aryl methyl sites for hydroxylation is 2. The van der Waals surface area contributed by atoms with E-state index in [1.807, 2.05) is 32.0 Å². The predicted octanol–water partition coefficient (Wildman–Crippen LogP) is 20.9. The largest absolute Gasteiger partial charge is 0.462 e. The number of esters is 2. The molecule has 0 spiro atoms. The van der Waals surface area contributed by atoms with Crippen molar-refractivity contribution in [1.29, 1.82) is 0 Å². The van der Waals surface area contributed by atoms with E-state index in [1.54, 1.807) is 89.5 Å². The van der Waals surface area contributed by atoms with Crippen LogP contribution in [0.15, 0.2) is 131 Å². The van der Waals surface area contributed by atoms with Gasteiger partial charge < -0.3 is 20.5 Å². The van der Waals surface area contributed by atoms with E-state index in [-0.39, 0.29) is 61.8 Å². The molecule has 0 aliphatic carbocycles. The Morgan fingerprint density at radius 2 is 0.880 bits per heavy atom. The second kappa shape index (κ2) is 43.3. The summed E-state index contributed by atoms with van der Waals surface area (Å²) >= 11 is 14.5. The number of fused-ring (bicyclic) bond motifs is 5. The molecule has 3 aromatic carbocycles. The summed E-state index contributed by atoms with van der Waals surface area (Å²) in [5.74, 6) is 1.84. The summed E-state index contributed by atoms with van der Waals surface area (Å²) in [6.45, 7) is 10.8. The number of alkyl halides is 10. The summed E-state index contributed by atoms with van der Waals surface area (Å²) in [5.41, 5.74) is 7.29. The Hall–Kier alpha value is -5.82. The first-order valence-corrected chi connectivity index (χ1v) is 35.5.